The van der Waals surface area contributed by atoms with Crippen molar-refractivity contribution in [3.05, 3.63) is 23.9 Å². The van der Waals surface area contributed by atoms with Crippen LogP contribution in [0, 0.1) is 6.92 Å². The van der Waals surface area contributed by atoms with Gasteiger partial charge in [-0.1, -0.05) is 6.07 Å². The summed E-state index contributed by atoms with van der Waals surface area (Å²) in [6.07, 6.45) is 3.15. The molecule has 0 atom stereocenters. The molecule has 0 aromatic carbocycles. The van der Waals surface area contributed by atoms with Crippen molar-refractivity contribution in [2.45, 2.75) is 52.1 Å². The topological polar surface area (TPSA) is 98.7 Å². The summed E-state index contributed by atoms with van der Waals surface area (Å²) in [5.74, 6) is 1.76. The second-order valence-electron chi connectivity index (χ2n) is 8.00. The van der Waals surface area contributed by atoms with Crippen LogP contribution in [-0.4, -0.2) is 63.4 Å². The van der Waals surface area contributed by atoms with Crippen LogP contribution < -0.4 is 20.3 Å². The summed E-state index contributed by atoms with van der Waals surface area (Å²) in [7, 11) is -3.28. The lowest BCUT2D eigenvalue weighted by Gasteiger charge is -2.34. The summed E-state index contributed by atoms with van der Waals surface area (Å²) in [5.41, 5.74) is 0.389. The molecule has 1 aromatic rings. The van der Waals surface area contributed by atoms with Gasteiger partial charge in [0.2, 0.25) is 10.0 Å². The van der Waals surface area contributed by atoms with Gasteiger partial charge in [0.05, 0.1) is 12.8 Å². The van der Waals surface area contributed by atoms with E-state index in [0.717, 1.165) is 49.9 Å². The van der Waals surface area contributed by atoms with Gasteiger partial charge in [0.15, 0.2) is 5.96 Å². The van der Waals surface area contributed by atoms with Crippen molar-refractivity contribution in [2.75, 3.05) is 37.3 Å². The maximum Gasteiger partial charge on any atom is 0.209 e. The molecule has 3 N–H and O–H groups in total. The van der Waals surface area contributed by atoms with Crippen molar-refractivity contribution >= 4 is 21.8 Å². The number of aliphatic imine (C=N–C) groups is 1. The molecule has 1 aromatic heterocycles. The number of nitrogens with one attached hydrogen (secondary N) is 3. The molecule has 1 aliphatic heterocycles. The quantitative estimate of drug-likeness (QED) is 0.462. The molecule has 2 heterocycles. The highest BCUT2D eigenvalue weighted by atomic mass is 32.2. The number of rotatable bonds is 7. The summed E-state index contributed by atoms with van der Waals surface area (Å²) >= 11 is 0. The van der Waals surface area contributed by atoms with Gasteiger partial charge in [-0.3, -0.25) is 4.99 Å². The molecule has 8 nitrogen and oxygen atoms in total. The zero-order chi connectivity index (χ0) is 20.8. The molecule has 0 saturated carbocycles. The second-order valence-corrected chi connectivity index (χ2v) is 9.74. The number of aromatic nitrogens is 1. The minimum atomic E-state index is -3.28. The molecular weight excluding hydrogens is 376 g/mol. The number of anilines is 1. The molecule has 158 valence electrons. The maximum atomic E-state index is 11.5. The number of hydrogen-bond acceptors (Lipinski definition) is 5. The lowest BCUT2D eigenvalue weighted by molar-refractivity contribution is 0.450. The van der Waals surface area contributed by atoms with Crippen LogP contribution in [0.1, 0.15) is 39.3 Å². The third kappa shape index (κ3) is 7.63. The van der Waals surface area contributed by atoms with Crippen molar-refractivity contribution in [2.24, 2.45) is 4.99 Å². The molecule has 1 saturated heterocycles. The normalized spacial score (nSPS) is 16.9. The molecule has 0 bridgehead atoms. The van der Waals surface area contributed by atoms with E-state index >= 15 is 0 Å². The number of pyridine rings is 1. The van der Waals surface area contributed by atoms with Crippen molar-refractivity contribution < 1.29 is 8.42 Å². The average molecular weight is 411 g/mol. The number of hydrogen-bond donors (Lipinski definition) is 3. The van der Waals surface area contributed by atoms with E-state index in [1.54, 1.807) is 0 Å². The first-order valence-corrected chi connectivity index (χ1v) is 11.7. The Kier molecular flexibility index (Phi) is 7.65. The Morgan fingerprint density at radius 1 is 1.32 bits per heavy atom. The monoisotopic (exact) mass is 410 g/mol. The summed E-state index contributed by atoms with van der Waals surface area (Å²) < 4.78 is 25.6. The van der Waals surface area contributed by atoms with E-state index in [1.807, 2.05) is 39.8 Å². The minimum Gasteiger partial charge on any atom is -0.357 e. The van der Waals surface area contributed by atoms with Crippen molar-refractivity contribution in [3.63, 3.8) is 0 Å². The average Bonchev–Trinajstić information content (AvgIpc) is 2.58. The highest BCUT2D eigenvalue weighted by molar-refractivity contribution is 7.88. The predicted molar refractivity (Wildman–Crippen MR) is 115 cm³/mol. The van der Waals surface area contributed by atoms with Crippen LogP contribution in [-0.2, 0) is 10.0 Å². The van der Waals surface area contributed by atoms with Gasteiger partial charge in [0.1, 0.15) is 5.82 Å². The van der Waals surface area contributed by atoms with E-state index in [1.165, 1.54) is 6.26 Å². The molecule has 0 unspecified atom stereocenters. The van der Waals surface area contributed by atoms with Crippen molar-refractivity contribution in [3.8, 4) is 0 Å². The SMILES string of the molecule is CCNC(=NCC(C)(C)NS(C)(=O)=O)NC1CCN(c2cccc(C)n2)CC1. The summed E-state index contributed by atoms with van der Waals surface area (Å²) in [6.45, 7) is 10.7. The van der Waals surface area contributed by atoms with Gasteiger partial charge in [0, 0.05) is 36.9 Å². The van der Waals surface area contributed by atoms with E-state index in [0.29, 0.717) is 12.6 Å². The van der Waals surface area contributed by atoms with Gasteiger partial charge in [-0.2, -0.15) is 0 Å². The lowest BCUT2D eigenvalue weighted by Crippen LogP contribution is -2.50. The van der Waals surface area contributed by atoms with E-state index in [2.05, 4.69) is 36.3 Å². The predicted octanol–water partition coefficient (Wildman–Crippen LogP) is 1.24. The molecule has 1 aliphatic rings. The van der Waals surface area contributed by atoms with Crippen molar-refractivity contribution in [1.29, 1.82) is 0 Å². The van der Waals surface area contributed by atoms with Crippen LogP contribution >= 0.6 is 0 Å². The van der Waals surface area contributed by atoms with Crippen LogP contribution in [0.4, 0.5) is 5.82 Å². The summed E-state index contributed by atoms with van der Waals surface area (Å²) in [5, 5.41) is 6.74. The lowest BCUT2D eigenvalue weighted by atomic mass is 10.1. The highest BCUT2D eigenvalue weighted by Gasteiger charge is 2.23. The number of piperidine rings is 1. The van der Waals surface area contributed by atoms with Crippen LogP contribution in [0.25, 0.3) is 0 Å². The smallest absolute Gasteiger partial charge is 0.209 e. The maximum absolute atomic E-state index is 11.5. The molecule has 0 spiro atoms. The summed E-state index contributed by atoms with van der Waals surface area (Å²) in [4.78, 5) is 11.5. The molecular formula is C19H34N6O2S. The van der Waals surface area contributed by atoms with E-state index in [-0.39, 0.29) is 0 Å². The number of sulfonamides is 1. The zero-order valence-electron chi connectivity index (χ0n) is 17.6. The van der Waals surface area contributed by atoms with Crippen molar-refractivity contribution in [1.82, 2.24) is 20.3 Å². The Balaban J connectivity index is 1.92. The number of nitrogens with zero attached hydrogens (tertiary/aromatic N) is 3. The Labute approximate surface area is 169 Å². The number of aryl methyl sites for hydroxylation is 1. The molecule has 9 heteroatoms. The Bertz CT molecular complexity index is 770. The second kappa shape index (κ2) is 9.56. The van der Waals surface area contributed by atoms with Crippen LogP contribution in [0.15, 0.2) is 23.2 Å². The van der Waals surface area contributed by atoms with Gasteiger partial charge < -0.3 is 15.5 Å². The standard InChI is InChI=1S/C19H34N6O2S/c1-6-20-18(21-14-19(3,4)24-28(5,26)27)23-16-10-12-25(13-11-16)17-9-7-8-15(2)22-17/h7-9,16,24H,6,10-14H2,1-5H3,(H2,20,21,23). The molecule has 1 fully saturated rings. The van der Waals surface area contributed by atoms with Crippen LogP contribution in [0.5, 0.6) is 0 Å². The summed E-state index contributed by atoms with van der Waals surface area (Å²) in [6, 6.07) is 6.44. The van der Waals surface area contributed by atoms with Crippen LogP contribution in [0.3, 0.4) is 0 Å². The van der Waals surface area contributed by atoms with E-state index in [4.69, 9.17) is 0 Å². The Hall–Kier alpha value is -1.87. The third-order valence-electron chi connectivity index (χ3n) is 4.47. The first-order chi connectivity index (χ1) is 13.1. The first kappa shape index (κ1) is 22.4. The van der Waals surface area contributed by atoms with Gasteiger partial charge in [-0.05, 0) is 52.7 Å². The number of guanidine groups is 1. The minimum absolute atomic E-state index is 0.324. The molecule has 0 amide bonds. The Morgan fingerprint density at radius 2 is 2.00 bits per heavy atom. The fourth-order valence-electron chi connectivity index (χ4n) is 3.28. The molecule has 2 rings (SSSR count). The first-order valence-electron chi connectivity index (χ1n) is 9.80. The largest absolute Gasteiger partial charge is 0.357 e. The van der Waals surface area contributed by atoms with Gasteiger partial charge in [-0.25, -0.2) is 18.1 Å². The van der Waals surface area contributed by atoms with Crippen LogP contribution in [0.2, 0.25) is 0 Å². The Morgan fingerprint density at radius 3 is 2.57 bits per heavy atom. The van der Waals surface area contributed by atoms with E-state index < -0.39 is 15.6 Å². The van der Waals surface area contributed by atoms with Gasteiger partial charge in [-0.15, -0.1) is 0 Å². The zero-order valence-corrected chi connectivity index (χ0v) is 18.4. The molecule has 28 heavy (non-hydrogen) atoms. The molecule has 0 radical (unpaired) electrons. The fourth-order valence-corrected chi connectivity index (χ4v) is 4.35. The van der Waals surface area contributed by atoms with Gasteiger partial charge >= 0.3 is 0 Å². The van der Waals surface area contributed by atoms with E-state index in [9.17, 15) is 8.42 Å². The highest BCUT2D eigenvalue weighted by Crippen LogP contribution is 2.18. The molecule has 0 aliphatic carbocycles. The fraction of sp³-hybridized carbons (Fsp3) is 0.684. The third-order valence-corrected chi connectivity index (χ3v) is 5.40. The van der Waals surface area contributed by atoms with Gasteiger partial charge in [0.25, 0.3) is 0 Å².